The van der Waals surface area contributed by atoms with Gasteiger partial charge in [0.15, 0.2) is 0 Å². The lowest BCUT2D eigenvalue weighted by Gasteiger charge is -2.26. The minimum atomic E-state index is 0.0204. The molecule has 124 valence electrons. The Balaban J connectivity index is 1.50. The molecule has 1 N–H and O–H groups in total. The molecule has 1 aromatic rings. The van der Waals surface area contributed by atoms with Gasteiger partial charge in [-0.25, -0.2) is 0 Å². The maximum atomic E-state index is 12.4. The molecule has 0 saturated carbocycles. The van der Waals surface area contributed by atoms with E-state index in [0.29, 0.717) is 31.6 Å². The predicted molar refractivity (Wildman–Crippen MR) is 88.9 cm³/mol. The molecule has 2 atom stereocenters. The molecule has 0 aromatic heterocycles. The molecule has 2 aliphatic rings. The van der Waals surface area contributed by atoms with Crippen molar-refractivity contribution in [2.75, 3.05) is 26.7 Å². The molecule has 2 unspecified atom stereocenters. The topological polar surface area (TPSA) is 52.7 Å². The van der Waals surface area contributed by atoms with Crippen molar-refractivity contribution in [3.8, 4) is 0 Å². The molecule has 2 heterocycles. The van der Waals surface area contributed by atoms with Crippen LogP contribution < -0.4 is 5.32 Å². The second-order valence-corrected chi connectivity index (χ2v) is 6.67. The molecule has 3 rings (SSSR count). The van der Waals surface area contributed by atoms with Crippen molar-refractivity contribution >= 4 is 11.8 Å². The van der Waals surface area contributed by atoms with E-state index in [4.69, 9.17) is 0 Å². The Morgan fingerprint density at radius 1 is 1.26 bits per heavy atom. The summed E-state index contributed by atoms with van der Waals surface area (Å²) in [7, 11) is 1.82. The van der Waals surface area contributed by atoms with Crippen molar-refractivity contribution in [1.29, 1.82) is 0 Å². The van der Waals surface area contributed by atoms with Gasteiger partial charge in [-0.05, 0) is 24.8 Å². The summed E-state index contributed by atoms with van der Waals surface area (Å²) < 4.78 is 0. The maximum Gasteiger partial charge on any atom is 0.241 e. The van der Waals surface area contributed by atoms with E-state index in [1.807, 2.05) is 25.2 Å². The molecule has 2 saturated heterocycles. The van der Waals surface area contributed by atoms with Gasteiger partial charge in [0.25, 0.3) is 0 Å². The van der Waals surface area contributed by atoms with E-state index in [1.54, 1.807) is 9.80 Å². The third-order valence-electron chi connectivity index (χ3n) is 4.88. The SMILES string of the molecule is CN(CCc1ccccc1)C(=O)CN1CC2CCC(CC1=O)N2. The Hall–Kier alpha value is -1.88. The molecule has 1 aromatic carbocycles. The summed E-state index contributed by atoms with van der Waals surface area (Å²) in [6, 6.07) is 10.8. The number of fused-ring (bicyclic) bond motifs is 2. The van der Waals surface area contributed by atoms with Crippen LogP contribution in [0.2, 0.25) is 0 Å². The molecule has 0 aliphatic carbocycles. The van der Waals surface area contributed by atoms with Crippen LogP contribution in [0, 0.1) is 0 Å². The number of benzene rings is 1. The zero-order valence-electron chi connectivity index (χ0n) is 13.7. The van der Waals surface area contributed by atoms with Crippen molar-refractivity contribution in [2.24, 2.45) is 0 Å². The Morgan fingerprint density at radius 3 is 2.78 bits per heavy atom. The summed E-state index contributed by atoms with van der Waals surface area (Å²) in [5.74, 6) is 0.126. The Morgan fingerprint density at radius 2 is 2.00 bits per heavy atom. The molecule has 2 aliphatic heterocycles. The normalized spacial score (nSPS) is 23.7. The lowest BCUT2D eigenvalue weighted by atomic mass is 10.1. The molecule has 2 amide bonds. The van der Waals surface area contributed by atoms with Gasteiger partial charge in [0.1, 0.15) is 0 Å². The quantitative estimate of drug-likeness (QED) is 0.883. The van der Waals surface area contributed by atoms with Crippen LogP contribution in [0.5, 0.6) is 0 Å². The summed E-state index contributed by atoms with van der Waals surface area (Å²) in [5.41, 5.74) is 1.22. The molecule has 2 bridgehead atoms. The van der Waals surface area contributed by atoms with E-state index in [0.717, 1.165) is 19.3 Å². The number of likely N-dealkylation sites (tertiary alicyclic amines) is 1. The summed E-state index contributed by atoms with van der Waals surface area (Å²) in [4.78, 5) is 28.1. The Labute approximate surface area is 137 Å². The van der Waals surface area contributed by atoms with Gasteiger partial charge in [0.05, 0.1) is 6.54 Å². The number of carbonyl (C=O) groups excluding carboxylic acids is 2. The van der Waals surface area contributed by atoms with Gasteiger partial charge >= 0.3 is 0 Å². The van der Waals surface area contributed by atoms with Crippen molar-refractivity contribution < 1.29 is 9.59 Å². The molecular weight excluding hydrogens is 290 g/mol. The fourth-order valence-corrected chi connectivity index (χ4v) is 3.42. The summed E-state index contributed by atoms with van der Waals surface area (Å²) >= 11 is 0. The lowest BCUT2D eigenvalue weighted by molar-refractivity contribution is -0.139. The molecule has 5 nitrogen and oxygen atoms in total. The number of hydrogen-bond acceptors (Lipinski definition) is 3. The first-order valence-corrected chi connectivity index (χ1v) is 8.43. The number of carbonyl (C=O) groups is 2. The number of rotatable bonds is 5. The first-order valence-electron chi connectivity index (χ1n) is 8.43. The van der Waals surface area contributed by atoms with Crippen LogP contribution in [0.4, 0.5) is 0 Å². The lowest BCUT2D eigenvalue weighted by Crippen LogP contribution is -2.44. The van der Waals surface area contributed by atoms with Gasteiger partial charge in [-0.2, -0.15) is 0 Å². The van der Waals surface area contributed by atoms with Gasteiger partial charge < -0.3 is 15.1 Å². The van der Waals surface area contributed by atoms with Crippen molar-refractivity contribution in [3.63, 3.8) is 0 Å². The Bertz CT molecular complexity index is 561. The molecule has 0 radical (unpaired) electrons. The van der Waals surface area contributed by atoms with Gasteiger partial charge in [0, 0.05) is 38.6 Å². The number of nitrogens with one attached hydrogen (secondary N) is 1. The van der Waals surface area contributed by atoms with Crippen LogP contribution in [0.3, 0.4) is 0 Å². The van der Waals surface area contributed by atoms with E-state index in [9.17, 15) is 9.59 Å². The average molecular weight is 315 g/mol. The first-order chi connectivity index (χ1) is 11.1. The Kier molecular flexibility index (Phi) is 4.96. The minimum absolute atomic E-state index is 0.0204. The van der Waals surface area contributed by atoms with Gasteiger partial charge in [-0.1, -0.05) is 30.3 Å². The number of amides is 2. The zero-order valence-corrected chi connectivity index (χ0v) is 13.7. The van der Waals surface area contributed by atoms with Crippen LogP contribution >= 0.6 is 0 Å². The molecular formula is C18H25N3O2. The van der Waals surface area contributed by atoms with Crippen LogP contribution in [-0.2, 0) is 16.0 Å². The largest absolute Gasteiger partial charge is 0.344 e. The van der Waals surface area contributed by atoms with Crippen molar-refractivity contribution in [3.05, 3.63) is 35.9 Å². The number of nitrogens with zero attached hydrogens (tertiary/aromatic N) is 2. The van der Waals surface area contributed by atoms with Crippen LogP contribution in [0.1, 0.15) is 24.8 Å². The molecule has 0 spiro atoms. The molecule has 23 heavy (non-hydrogen) atoms. The van der Waals surface area contributed by atoms with E-state index >= 15 is 0 Å². The standard InChI is InChI=1S/C18H25N3O2/c1-20(10-9-14-5-3-2-4-6-14)18(23)13-21-12-16-8-7-15(19-16)11-17(21)22/h2-6,15-16,19H,7-13H2,1H3. The highest BCUT2D eigenvalue weighted by molar-refractivity contribution is 5.85. The maximum absolute atomic E-state index is 12.4. The van der Waals surface area contributed by atoms with Crippen LogP contribution in [0.15, 0.2) is 30.3 Å². The first kappa shape index (κ1) is 16.0. The van der Waals surface area contributed by atoms with Crippen molar-refractivity contribution in [2.45, 2.75) is 37.8 Å². The summed E-state index contributed by atoms with van der Waals surface area (Å²) in [6.45, 7) is 1.54. The monoisotopic (exact) mass is 315 g/mol. The molecule has 2 fully saturated rings. The predicted octanol–water partition coefficient (Wildman–Crippen LogP) is 1.04. The number of likely N-dealkylation sites (N-methyl/N-ethyl adjacent to an activating group) is 1. The fourth-order valence-electron chi connectivity index (χ4n) is 3.42. The second kappa shape index (κ2) is 7.13. The highest BCUT2D eigenvalue weighted by Crippen LogP contribution is 2.21. The zero-order chi connectivity index (χ0) is 16.2. The third kappa shape index (κ3) is 4.10. The van der Waals surface area contributed by atoms with Crippen LogP contribution in [0.25, 0.3) is 0 Å². The van der Waals surface area contributed by atoms with E-state index in [2.05, 4.69) is 17.4 Å². The van der Waals surface area contributed by atoms with Crippen LogP contribution in [-0.4, -0.2) is 60.4 Å². The van der Waals surface area contributed by atoms with Gasteiger partial charge in [0.2, 0.25) is 11.8 Å². The van der Waals surface area contributed by atoms with Gasteiger partial charge in [-0.3, -0.25) is 9.59 Å². The smallest absolute Gasteiger partial charge is 0.241 e. The van der Waals surface area contributed by atoms with Gasteiger partial charge in [-0.15, -0.1) is 0 Å². The minimum Gasteiger partial charge on any atom is -0.344 e. The van der Waals surface area contributed by atoms with E-state index in [1.165, 1.54) is 5.56 Å². The summed E-state index contributed by atoms with van der Waals surface area (Å²) in [5, 5.41) is 3.47. The average Bonchev–Trinajstić information content (AvgIpc) is 2.93. The fraction of sp³-hybridized carbons (Fsp3) is 0.556. The third-order valence-corrected chi connectivity index (χ3v) is 4.88. The molecule has 5 heteroatoms. The summed E-state index contributed by atoms with van der Waals surface area (Å²) in [6.07, 6.45) is 3.54. The highest BCUT2D eigenvalue weighted by atomic mass is 16.2. The highest BCUT2D eigenvalue weighted by Gasteiger charge is 2.34. The number of hydrogen-bond donors (Lipinski definition) is 1. The second-order valence-electron chi connectivity index (χ2n) is 6.67. The van der Waals surface area contributed by atoms with E-state index < -0.39 is 0 Å². The van der Waals surface area contributed by atoms with Crippen molar-refractivity contribution in [1.82, 2.24) is 15.1 Å². The van der Waals surface area contributed by atoms with E-state index in [-0.39, 0.29) is 18.4 Å².